The third-order valence-corrected chi connectivity index (χ3v) is 4.50. The standard InChI is InChI=1S/C16H19N5O2/c1-8(2)12-11-10(7-9(3)18-14(11)23-20-12)13-19-15(21-22-13)16(17)5-4-6-16/h7-8H,4-6,17H2,1-3H3. The molecule has 0 radical (unpaired) electrons. The van der Waals surface area contributed by atoms with E-state index in [2.05, 4.69) is 34.1 Å². The smallest absolute Gasteiger partial charge is 0.259 e. The van der Waals surface area contributed by atoms with Gasteiger partial charge in [-0.2, -0.15) is 4.98 Å². The van der Waals surface area contributed by atoms with Crippen molar-refractivity contribution in [3.8, 4) is 11.5 Å². The van der Waals surface area contributed by atoms with Gasteiger partial charge in [-0.05, 0) is 38.2 Å². The van der Waals surface area contributed by atoms with Crippen LogP contribution in [0.15, 0.2) is 15.1 Å². The summed E-state index contributed by atoms with van der Waals surface area (Å²) in [5, 5.41) is 9.09. The molecule has 3 heterocycles. The zero-order valence-corrected chi connectivity index (χ0v) is 13.5. The van der Waals surface area contributed by atoms with E-state index in [0.29, 0.717) is 17.4 Å². The minimum atomic E-state index is -0.446. The Morgan fingerprint density at radius 1 is 1.17 bits per heavy atom. The van der Waals surface area contributed by atoms with Crippen LogP contribution >= 0.6 is 0 Å². The van der Waals surface area contributed by atoms with Gasteiger partial charge < -0.3 is 14.8 Å². The van der Waals surface area contributed by atoms with Crippen molar-refractivity contribution in [2.75, 3.05) is 0 Å². The van der Waals surface area contributed by atoms with Crippen molar-refractivity contribution in [2.24, 2.45) is 5.73 Å². The molecule has 0 saturated heterocycles. The molecule has 0 unspecified atom stereocenters. The van der Waals surface area contributed by atoms with Gasteiger partial charge in [0.2, 0.25) is 0 Å². The predicted octanol–water partition coefficient (Wildman–Crippen LogP) is 3.04. The van der Waals surface area contributed by atoms with Crippen molar-refractivity contribution in [3.05, 3.63) is 23.3 Å². The van der Waals surface area contributed by atoms with Gasteiger partial charge in [0.25, 0.3) is 11.6 Å². The largest absolute Gasteiger partial charge is 0.335 e. The van der Waals surface area contributed by atoms with Crippen molar-refractivity contribution < 1.29 is 9.05 Å². The van der Waals surface area contributed by atoms with Gasteiger partial charge in [0.05, 0.1) is 22.2 Å². The van der Waals surface area contributed by atoms with Gasteiger partial charge in [-0.15, -0.1) is 0 Å². The van der Waals surface area contributed by atoms with E-state index < -0.39 is 5.54 Å². The van der Waals surface area contributed by atoms with Crippen LogP contribution in [0.4, 0.5) is 0 Å². The first kappa shape index (κ1) is 14.3. The summed E-state index contributed by atoms with van der Waals surface area (Å²) in [5.74, 6) is 1.22. The minimum Gasteiger partial charge on any atom is -0.335 e. The highest BCUT2D eigenvalue weighted by Gasteiger charge is 2.39. The molecule has 4 rings (SSSR count). The Morgan fingerprint density at radius 2 is 1.96 bits per heavy atom. The van der Waals surface area contributed by atoms with Crippen LogP contribution in [0.3, 0.4) is 0 Å². The van der Waals surface area contributed by atoms with E-state index >= 15 is 0 Å². The summed E-state index contributed by atoms with van der Waals surface area (Å²) >= 11 is 0. The summed E-state index contributed by atoms with van der Waals surface area (Å²) in [6.45, 7) is 6.01. The third-order valence-electron chi connectivity index (χ3n) is 4.50. The number of pyridine rings is 1. The maximum Gasteiger partial charge on any atom is 0.259 e. The molecular weight excluding hydrogens is 294 g/mol. The van der Waals surface area contributed by atoms with E-state index in [0.717, 1.165) is 41.6 Å². The Balaban J connectivity index is 1.89. The number of fused-ring (bicyclic) bond motifs is 1. The van der Waals surface area contributed by atoms with Crippen LogP contribution in [0.2, 0.25) is 0 Å². The van der Waals surface area contributed by atoms with Crippen LogP contribution in [0.5, 0.6) is 0 Å². The topological polar surface area (TPSA) is 104 Å². The van der Waals surface area contributed by atoms with Crippen LogP contribution < -0.4 is 5.73 Å². The average molecular weight is 313 g/mol. The van der Waals surface area contributed by atoms with Crippen molar-refractivity contribution in [2.45, 2.75) is 51.5 Å². The average Bonchev–Trinajstić information content (AvgIpc) is 3.10. The third kappa shape index (κ3) is 2.15. The molecule has 0 spiro atoms. The Labute approximate surface area is 133 Å². The lowest BCUT2D eigenvalue weighted by atomic mass is 9.77. The molecule has 120 valence electrons. The summed E-state index contributed by atoms with van der Waals surface area (Å²) in [6.07, 6.45) is 2.88. The molecule has 3 aromatic heterocycles. The van der Waals surface area contributed by atoms with Crippen molar-refractivity contribution in [3.63, 3.8) is 0 Å². The highest BCUT2D eigenvalue weighted by molar-refractivity contribution is 5.91. The number of aryl methyl sites for hydroxylation is 1. The molecule has 0 bridgehead atoms. The SMILES string of the molecule is Cc1cc(-c2nc(C3(N)CCC3)no2)c2c(C(C)C)noc2n1. The molecule has 0 atom stereocenters. The minimum absolute atomic E-state index is 0.203. The summed E-state index contributed by atoms with van der Waals surface area (Å²) in [7, 11) is 0. The first-order chi connectivity index (χ1) is 11.0. The first-order valence-electron chi connectivity index (χ1n) is 7.88. The van der Waals surface area contributed by atoms with E-state index in [1.807, 2.05) is 13.0 Å². The van der Waals surface area contributed by atoms with Crippen molar-refractivity contribution in [1.82, 2.24) is 20.3 Å². The maximum atomic E-state index is 6.29. The van der Waals surface area contributed by atoms with Gasteiger partial charge in [0.15, 0.2) is 5.82 Å². The van der Waals surface area contributed by atoms with Crippen molar-refractivity contribution in [1.29, 1.82) is 0 Å². The highest BCUT2D eigenvalue weighted by atomic mass is 16.5. The Kier molecular flexibility index (Phi) is 3.02. The second-order valence-corrected chi connectivity index (χ2v) is 6.65. The zero-order valence-electron chi connectivity index (χ0n) is 13.5. The lowest BCUT2D eigenvalue weighted by molar-refractivity contribution is 0.229. The lowest BCUT2D eigenvalue weighted by Crippen LogP contribution is -2.44. The fraction of sp³-hybridized carbons (Fsp3) is 0.500. The summed E-state index contributed by atoms with van der Waals surface area (Å²) in [4.78, 5) is 8.95. The molecule has 23 heavy (non-hydrogen) atoms. The fourth-order valence-corrected chi connectivity index (χ4v) is 2.98. The van der Waals surface area contributed by atoms with E-state index in [-0.39, 0.29) is 5.92 Å². The molecular formula is C16H19N5O2. The van der Waals surface area contributed by atoms with Gasteiger partial charge in [0.1, 0.15) is 0 Å². The highest BCUT2D eigenvalue weighted by Crippen LogP contribution is 2.39. The number of aromatic nitrogens is 4. The van der Waals surface area contributed by atoms with Crippen LogP contribution in [0.1, 0.15) is 56.2 Å². The maximum absolute atomic E-state index is 6.29. The summed E-state index contributed by atoms with van der Waals surface area (Å²) in [5.41, 5.74) is 8.79. The van der Waals surface area contributed by atoms with Gasteiger partial charge in [-0.1, -0.05) is 24.2 Å². The van der Waals surface area contributed by atoms with Crippen LogP contribution in [-0.2, 0) is 5.54 Å². The number of nitrogens with zero attached hydrogens (tertiary/aromatic N) is 4. The quantitative estimate of drug-likeness (QED) is 0.792. The predicted molar refractivity (Wildman–Crippen MR) is 83.6 cm³/mol. The van der Waals surface area contributed by atoms with Gasteiger partial charge in [0, 0.05) is 5.69 Å². The second kappa shape index (κ2) is 4.86. The molecule has 1 fully saturated rings. The van der Waals surface area contributed by atoms with Gasteiger partial charge in [-0.25, -0.2) is 4.98 Å². The monoisotopic (exact) mass is 313 g/mol. The Hall–Kier alpha value is -2.28. The van der Waals surface area contributed by atoms with Crippen LogP contribution in [0.25, 0.3) is 22.6 Å². The lowest BCUT2D eigenvalue weighted by Gasteiger charge is -2.34. The molecule has 1 saturated carbocycles. The van der Waals surface area contributed by atoms with E-state index in [9.17, 15) is 0 Å². The molecule has 2 N–H and O–H groups in total. The van der Waals surface area contributed by atoms with E-state index in [4.69, 9.17) is 14.8 Å². The molecule has 0 aliphatic heterocycles. The number of rotatable bonds is 3. The number of nitrogens with two attached hydrogens (primary N) is 1. The van der Waals surface area contributed by atoms with Crippen LogP contribution in [0, 0.1) is 6.92 Å². The van der Waals surface area contributed by atoms with Gasteiger partial charge >= 0.3 is 0 Å². The van der Waals surface area contributed by atoms with Crippen molar-refractivity contribution >= 4 is 11.1 Å². The van der Waals surface area contributed by atoms with E-state index in [1.54, 1.807) is 0 Å². The molecule has 7 heteroatoms. The number of hydrogen-bond donors (Lipinski definition) is 1. The van der Waals surface area contributed by atoms with Crippen LogP contribution in [-0.4, -0.2) is 20.3 Å². The normalized spacial score (nSPS) is 16.9. The number of hydrogen-bond acceptors (Lipinski definition) is 7. The molecule has 3 aromatic rings. The molecule has 1 aliphatic carbocycles. The van der Waals surface area contributed by atoms with E-state index in [1.165, 1.54) is 0 Å². The summed E-state index contributed by atoms with van der Waals surface area (Å²) in [6, 6.07) is 1.92. The zero-order chi connectivity index (χ0) is 16.2. The fourth-order valence-electron chi connectivity index (χ4n) is 2.98. The molecule has 0 amide bonds. The summed E-state index contributed by atoms with van der Waals surface area (Å²) < 4.78 is 10.9. The second-order valence-electron chi connectivity index (χ2n) is 6.65. The molecule has 0 aromatic carbocycles. The molecule has 7 nitrogen and oxygen atoms in total. The molecule has 1 aliphatic rings. The first-order valence-corrected chi connectivity index (χ1v) is 7.88. The Bertz CT molecular complexity index is 876. The van der Waals surface area contributed by atoms with Gasteiger partial charge in [-0.3, -0.25) is 0 Å². The Morgan fingerprint density at radius 3 is 2.61 bits per heavy atom.